The molecule has 1 heterocycles. The highest BCUT2D eigenvalue weighted by Gasteiger charge is 2.66. The van der Waals surface area contributed by atoms with Crippen LogP contribution in [0.2, 0.25) is 6.32 Å². The van der Waals surface area contributed by atoms with Crippen LogP contribution in [0.5, 0.6) is 0 Å². The van der Waals surface area contributed by atoms with Crippen LogP contribution < -0.4 is 0 Å². The average molecular weight is 484 g/mol. The SMILES string of the molecule is C[C@H](CCB1OC(C)(C)C(C)(C)O1)[C@H]1CC[C@H]2C3C(=O)CC4CC(=O)CCC4(C)C3CC(=O)C12C. The molecule has 4 aliphatic carbocycles. The number of hydrogen-bond acceptors (Lipinski definition) is 5. The Hall–Kier alpha value is -1.01. The van der Waals surface area contributed by atoms with E-state index in [0.29, 0.717) is 54.9 Å². The van der Waals surface area contributed by atoms with Gasteiger partial charge in [-0.2, -0.15) is 0 Å². The summed E-state index contributed by atoms with van der Waals surface area (Å²) in [5.74, 6) is 2.07. The molecule has 8 atom stereocenters. The highest BCUT2D eigenvalue weighted by Crippen LogP contribution is 2.66. The van der Waals surface area contributed by atoms with Crippen molar-refractivity contribution in [2.75, 3.05) is 0 Å². The van der Waals surface area contributed by atoms with E-state index in [1.807, 2.05) is 0 Å². The normalized spacial score (nSPS) is 45.2. The predicted molar refractivity (Wildman–Crippen MR) is 136 cm³/mol. The first-order valence-electron chi connectivity index (χ1n) is 14.1. The maximum Gasteiger partial charge on any atom is 0.457 e. The van der Waals surface area contributed by atoms with Gasteiger partial charge >= 0.3 is 7.12 Å². The van der Waals surface area contributed by atoms with Crippen LogP contribution in [0.1, 0.15) is 99.8 Å². The van der Waals surface area contributed by atoms with Gasteiger partial charge in [-0.15, -0.1) is 0 Å². The van der Waals surface area contributed by atoms with E-state index in [1.165, 1.54) is 0 Å². The van der Waals surface area contributed by atoms with Gasteiger partial charge in [0.1, 0.15) is 17.3 Å². The summed E-state index contributed by atoms with van der Waals surface area (Å²) in [6.45, 7) is 15.1. The first-order chi connectivity index (χ1) is 16.2. The summed E-state index contributed by atoms with van der Waals surface area (Å²) in [7, 11) is -0.204. The second-order valence-electron chi connectivity index (χ2n) is 14.2. The zero-order chi connectivity index (χ0) is 25.6. The van der Waals surface area contributed by atoms with Crippen LogP contribution in [0, 0.1) is 46.3 Å². The molecule has 0 amide bonds. The van der Waals surface area contributed by atoms with Crippen molar-refractivity contribution >= 4 is 24.5 Å². The minimum atomic E-state index is -0.417. The van der Waals surface area contributed by atoms with Crippen molar-refractivity contribution in [3.8, 4) is 0 Å². The summed E-state index contributed by atoms with van der Waals surface area (Å²) < 4.78 is 12.5. The van der Waals surface area contributed by atoms with Crippen LogP contribution in [0.25, 0.3) is 0 Å². The van der Waals surface area contributed by atoms with Crippen molar-refractivity contribution < 1.29 is 23.7 Å². The molecule has 4 saturated carbocycles. The molecule has 5 nitrogen and oxygen atoms in total. The largest absolute Gasteiger partial charge is 0.457 e. The molecule has 5 aliphatic rings. The number of carbonyl (C=O) groups is 3. The third-order valence-electron chi connectivity index (χ3n) is 12.1. The highest BCUT2D eigenvalue weighted by atomic mass is 16.7. The monoisotopic (exact) mass is 484 g/mol. The van der Waals surface area contributed by atoms with E-state index in [9.17, 15) is 14.4 Å². The molecule has 0 bridgehead atoms. The van der Waals surface area contributed by atoms with Crippen molar-refractivity contribution in [2.24, 2.45) is 46.3 Å². The molecule has 5 unspecified atom stereocenters. The van der Waals surface area contributed by atoms with Gasteiger partial charge in [0.25, 0.3) is 0 Å². The van der Waals surface area contributed by atoms with Crippen molar-refractivity contribution in [1.82, 2.24) is 0 Å². The molecule has 35 heavy (non-hydrogen) atoms. The summed E-state index contributed by atoms with van der Waals surface area (Å²) in [6.07, 6.45) is 6.82. The minimum absolute atomic E-state index is 0.00699. The molecular weight excluding hydrogens is 439 g/mol. The van der Waals surface area contributed by atoms with E-state index in [1.54, 1.807) is 0 Å². The minimum Gasteiger partial charge on any atom is -0.403 e. The van der Waals surface area contributed by atoms with E-state index >= 15 is 0 Å². The van der Waals surface area contributed by atoms with Crippen LogP contribution in [0.4, 0.5) is 0 Å². The fraction of sp³-hybridized carbons (Fsp3) is 0.897. The number of ketones is 3. The summed E-state index contributed by atoms with van der Waals surface area (Å²) in [5.41, 5.74) is -1.11. The standard InChI is InChI=1S/C29H45BO5/c1-17(11-13-30-34-26(2,3)27(4,5)35-30)20-8-9-21-25-22(16-24(33)29(20,21)7)28(6)12-10-19(31)14-18(28)15-23(25)32/h17-18,20-22,25H,8-16H2,1-7H3/t17-,18?,20-,21+,22?,25?,28?,29?/m1/s1. The Labute approximate surface area is 212 Å². The van der Waals surface area contributed by atoms with Gasteiger partial charge in [-0.05, 0) is 88.3 Å². The van der Waals surface area contributed by atoms with Gasteiger partial charge in [0, 0.05) is 37.0 Å². The Kier molecular flexibility index (Phi) is 6.04. The number of carbonyl (C=O) groups excluding carboxylic acids is 3. The van der Waals surface area contributed by atoms with E-state index < -0.39 is 5.41 Å². The lowest BCUT2D eigenvalue weighted by Crippen LogP contribution is -2.60. The fourth-order valence-corrected chi connectivity index (χ4v) is 9.07. The molecule has 5 rings (SSSR count). The lowest BCUT2D eigenvalue weighted by Gasteiger charge is -2.58. The summed E-state index contributed by atoms with van der Waals surface area (Å²) >= 11 is 0. The Morgan fingerprint density at radius 1 is 0.914 bits per heavy atom. The van der Waals surface area contributed by atoms with Gasteiger partial charge in [0.15, 0.2) is 0 Å². The van der Waals surface area contributed by atoms with E-state index in [4.69, 9.17) is 9.31 Å². The maximum atomic E-state index is 14.0. The second kappa shape index (κ2) is 8.25. The third kappa shape index (κ3) is 3.75. The van der Waals surface area contributed by atoms with Crippen molar-refractivity contribution in [3.63, 3.8) is 0 Å². The third-order valence-corrected chi connectivity index (χ3v) is 12.1. The van der Waals surface area contributed by atoms with Gasteiger partial charge in [-0.1, -0.05) is 27.2 Å². The van der Waals surface area contributed by atoms with Gasteiger partial charge in [-0.25, -0.2) is 0 Å². The van der Waals surface area contributed by atoms with Crippen LogP contribution in [0.15, 0.2) is 0 Å². The zero-order valence-electron chi connectivity index (χ0n) is 22.9. The topological polar surface area (TPSA) is 69.7 Å². The van der Waals surface area contributed by atoms with E-state index in [0.717, 1.165) is 32.0 Å². The van der Waals surface area contributed by atoms with Crippen LogP contribution >= 0.6 is 0 Å². The van der Waals surface area contributed by atoms with E-state index in [-0.39, 0.29) is 47.4 Å². The molecule has 194 valence electrons. The lowest BCUT2D eigenvalue weighted by molar-refractivity contribution is -0.166. The molecule has 0 radical (unpaired) electrons. The predicted octanol–water partition coefficient (Wildman–Crippen LogP) is 5.69. The Bertz CT molecular complexity index is 910. The maximum absolute atomic E-state index is 14.0. The zero-order valence-corrected chi connectivity index (χ0v) is 22.9. The van der Waals surface area contributed by atoms with Crippen LogP contribution in [0.3, 0.4) is 0 Å². The molecule has 6 heteroatoms. The first kappa shape index (κ1) is 25.6. The molecule has 0 aromatic carbocycles. The molecule has 1 saturated heterocycles. The Morgan fingerprint density at radius 2 is 1.57 bits per heavy atom. The summed E-state index contributed by atoms with van der Waals surface area (Å²) in [4.78, 5) is 39.7. The van der Waals surface area contributed by atoms with Crippen molar-refractivity contribution in [1.29, 1.82) is 0 Å². The Morgan fingerprint density at radius 3 is 2.23 bits per heavy atom. The number of Topliss-reactive ketones (excluding diaryl/α,β-unsaturated/α-hetero) is 3. The lowest BCUT2D eigenvalue weighted by atomic mass is 9.44. The summed E-state index contributed by atoms with van der Waals surface area (Å²) in [6, 6.07) is 0. The van der Waals surface area contributed by atoms with Crippen molar-refractivity contribution in [2.45, 2.75) is 117 Å². The number of hydrogen-bond donors (Lipinski definition) is 0. The number of rotatable bonds is 4. The van der Waals surface area contributed by atoms with Crippen LogP contribution in [-0.4, -0.2) is 35.7 Å². The molecule has 5 fully saturated rings. The van der Waals surface area contributed by atoms with Gasteiger partial charge in [-0.3, -0.25) is 14.4 Å². The molecule has 0 aromatic rings. The highest BCUT2D eigenvalue weighted by molar-refractivity contribution is 6.45. The molecule has 0 N–H and O–H groups in total. The fourth-order valence-electron chi connectivity index (χ4n) is 9.07. The smallest absolute Gasteiger partial charge is 0.403 e. The van der Waals surface area contributed by atoms with Gasteiger partial charge in [0.2, 0.25) is 0 Å². The number of fused-ring (bicyclic) bond motifs is 5. The Balaban J connectivity index is 1.32. The summed E-state index contributed by atoms with van der Waals surface area (Å²) in [5, 5.41) is 0. The molecule has 0 aromatic heterocycles. The van der Waals surface area contributed by atoms with Crippen LogP contribution in [-0.2, 0) is 23.7 Å². The molecular formula is C29H45BO5. The first-order valence-corrected chi connectivity index (χ1v) is 14.1. The van der Waals surface area contributed by atoms with E-state index in [2.05, 4.69) is 48.5 Å². The molecule has 1 aliphatic heterocycles. The van der Waals surface area contributed by atoms with Crippen molar-refractivity contribution in [3.05, 3.63) is 0 Å². The molecule has 0 spiro atoms. The average Bonchev–Trinajstić information content (AvgIpc) is 3.21. The second-order valence-corrected chi connectivity index (χ2v) is 14.2. The quantitative estimate of drug-likeness (QED) is 0.480. The van der Waals surface area contributed by atoms with Gasteiger partial charge in [0.05, 0.1) is 11.2 Å². The van der Waals surface area contributed by atoms with Gasteiger partial charge < -0.3 is 9.31 Å².